The second-order valence-corrected chi connectivity index (χ2v) is 2.65. The molecule has 0 aromatic heterocycles. The maximum atomic E-state index is 8.52. The molecule has 10 heavy (non-hydrogen) atoms. The van der Waals surface area contributed by atoms with E-state index < -0.39 is 0 Å². The van der Waals surface area contributed by atoms with Crippen molar-refractivity contribution in [1.29, 1.82) is 0 Å². The Kier molecular flexibility index (Phi) is 5.58. The fourth-order valence-corrected chi connectivity index (χ4v) is 0.546. The minimum Gasteiger partial charge on any atom is -0.395 e. The van der Waals surface area contributed by atoms with E-state index in [0.29, 0.717) is 6.61 Å². The van der Waals surface area contributed by atoms with Crippen LogP contribution in [0.3, 0.4) is 0 Å². The highest BCUT2D eigenvalue weighted by molar-refractivity contribution is 4.57. The zero-order valence-electron chi connectivity index (χ0n) is 6.71. The van der Waals surface area contributed by atoms with E-state index in [4.69, 9.17) is 15.6 Å². The van der Waals surface area contributed by atoms with Crippen molar-refractivity contribution in [3.63, 3.8) is 0 Å². The van der Waals surface area contributed by atoms with Crippen LogP contribution >= 0.6 is 0 Å². The Morgan fingerprint density at radius 2 is 2.10 bits per heavy atom. The van der Waals surface area contributed by atoms with Gasteiger partial charge in [0.05, 0.1) is 12.7 Å². The summed E-state index contributed by atoms with van der Waals surface area (Å²) in [5, 5.41) is 8.52. The molecular weight excluding hydrogens is 130 g/mol. The van der Waals surface area contributed by atoms with Crippen LogP contribution in [0.5, 0.6) is 0 Å². The van der Waals surface area contributed by atoms with E-state index in [2.05, 4.69) is 0 Å². The lowest BCUT2D eigenvalue weighted by molar-refractivity contribution is 0.0696. The zero-order valence-corrected chi connectivity index (χ0v) is 6.71. The van der Waals surface area contributed by atoms with E-state index in [1.807, 2.05) is 13.8 Å². The maximum Gasteiger partial charge on any atom is 0.0583 e. The van der Waals surface area contributed by atoms with Crippen molar-refractivity contribution in [3.8, 4) is 0 Å². The van der Waals surface area contributed by atoms with Gasteiger partial charge in [-0.3, -0.25) is 0 Å². The fraction of sp³-hybridized carbons (Fsp3) is 1.00. The molecule has 0 fully saturated rings. The third kappa shape index (κ3) is 6.01. The Bertz CT molecular complexity index is 76.0. The normalized spacial score (nSPS) is 14.1. The molecule has 0 rings (SSSR count). The molecule has 0 saturated heterocycles. The first-order chi connectivity index (χ1) is 4.66. The Hall–Kier alpha value is -0.120. The van der Waals surface area contributed by atoms with Crippen LogP contribution < -0.4 is 5.73 Å². The second-order valence-electron chi connectivity index (χ2n) is 2.65. The summed E-state index contributed by atoms with van der Waals surface area (Å²) in [6, 6.07) is -0.126. The minimum absolute atomic E-state index is 0.0431. The average Bonchev–Trinajstić information content (AvgIpc) is 1.87. The molecule has 0 bridgehead atoms. The molecule has 3 nitrogen and oxygen atoms in total. The number of nitrogens with two attached hydrogens (primary N) is 1. The van der Waals surface area contributed by atoms with Crippen molar-refractivity contribution in [2.24, 2.45) is 5.73 Å². The standard InChI is InChI=1S/C7H17NO2/c1-6(2)10-4-3-7(8)5-9/h6-7,9H,3-5,8H2,1-2H3. The first-order valence-electron chi connectivity index (χ1n) is 3.65. The molecule has 62 valence electrons. The summed E-state index contributed by atoms with van der Waals surface area (Å²) in [6.45, 7) is 4.63. The fourth-order valence-electron chi connectivity index (χ4n) is 0.546. The van der Waals surface area contributed by atoms with E-state index in [9.17, 15) is 0 Å². The number of hydrogen-bond acceptors (Lipinski definition) is 3. The molecule has 0 amide bonds. The van der Waals surface area contributed by atoms with Gasteiger partial charge >= 0.3 is 0 Å². The third-order valence-electron chi connectivity index (χ3n) is 1.17. The van der Waals surface area contributed by atoms with Crippen molar-refractivity contribution >= 4 is 0 Å². The minimum atomic E-state index is -0.126. The highest BCUT2D eigenvalue weighted by Crippen LogP contribution is 1.92. The first-order valence-corrected chi connectivity index (χ1v) is 3.65. The third-order valence-corrected chi connectivity index (χ3v) is 1.17. The number of ether oxygens (including phenoxy) is 1. The van der Waals surface area contributed by atoms with Gasteiger partial charge in [0.15, 0.2) is 0 Å². The Balaban J connectivity index is 3.03. The van der Waals surface area contributed by atoms with Gasteiger partial charge in [-0.05, 0) is 20.3 Å². The SMILES string of the molecule is CC(C)OCCC(N)CO. The van der Waals surface area contributed by atoms with Gasteiger partial charge in [0.2, 0.25) is 0 Å². The van der Waals surface area contributed by atoms with Crippen LogP contribution in [0.4, 0.5) is 0 Å². The lowest BCUT2D eigenvalue weighted by Crippen LogP contribution is -2.26. The van der Waals surface area contributed by atoms with Gasteiger partial charge in [0.25, 0.3) is 0 Å². The molecule has 0 aliphatic rings. The van der Waals surface area contributed by atoms with Gasteiger partial charge in [0.1, 0.15) is 0 Å². The summed E-state index contributed by atoms with van der Waals surface area (Å²) >= 11 is 0. The predicted octanol–water partition coefficient (Wildman–Crippen LogP) is 0.121. The molecule has 0 aromatic carbocycles. The summed E-state index contributed by atoms with van der Waals surface area (Å²) in [7, 11) is 0. The number of hydrogen-bond donors (Lipinski definition) is 2. The van der Waals surface area contributed by atoms with Crippen LogP contribution in [0.15, 0.2) is 0 Å². The topological polar surface area (TPSA) is 55.5 Å². The summed E-state index contributed by atoms with van der Waals surface area (Å²) in [6.07, 6.45) is 0.986. The van der Waals surface area contributed by atoms with E-state index >= 15 is 0 Å². The number of aliphatic hydroxyl groups is 1. The Morgan fingerprint density at radius 1 is 1.50 bits per heavy atom. The number of rotatable bonds is 5. The van der Waals surface area contributed by atoms with Gasteiger partial charge in [-0.15, -0.1) is 0 Å². The van der Waals surface area contributed by atoms with Crippen LogP contribution in [-0.2, 0) is 4.74 Å². The Labute approximate surface area is 62.2 Å². The highest BCUT2D eigenvalue weighted by Gasteiger charge is 1.99. The van der Waals surface area contributed by atoms with Crippen molar-refractivity contribution in [3.05, 3.63) is 0 Å². The van der Waals surface area contributed by atoms with Crippen LogP contribution in [0.2, 0.25) is 0 Å². The first kappa shape index (κ1) is 9.88. The lowest BCUT2D eigenvalue weighted by Gasteiger charge is -2.10. The molecule has 0 aromatic rings. The molecular formula is C7H17NO2. The summed E-state index contributed by atoms with van der Waals surface area (Å²) in [5.74, 6) is 0. The van der Waals surface area contributed by atoms with Crippen molar-refractivity contribution < 1.29 is 9.84 Å². The molecule has 0 spiro atoms. The zero-order chi connectivity index (χ0) is 7.98. The largest absolute Gasteiger partial charge is 0.395 e. The summed E-state index contributed by atoms with van der Waals surface area (Å²) in [4.78, 5) is 0. The highest BCUT2D eigenvalue weighted by atomic mass is 16.5. The van der Waals surface area contributed by atoms with Gasteiger partial charge < -0.3 is 15.6 Å². The van der Waals surface area contributed by atoms with Crippen molar-refractivity contribution in [2.45, 2.75) is 32.4 Å². The maximum absolute atomic E-state index is 8.52. The molecule has 0 heterocycles. The van der Waals surface area contributed by atoms with Crippen molar-refractivity contribution in [2.75, 3.05) is 13.2 Å². The van der Waals surface area contributed by atoms with Crippen LogP contribution in [0.25, 0.3) is 0 Å². The molecule has 1 unspecified atom stereocenters. The molecule has 0 aliphatic heterocycles. The van der Waals surface area contributed by atoms with Crippen molar-refractivity contribution in [1.82, 2.24) is 0 Å². The average molecular weight is 147 g/mol. The predicted molar refractivity (Wildman–Crippen MR) is 40.8 cm³/mol. The monoisotopic (exact) mass is 147 g/mol. The van der Waals surface area contributed by atoms with E-state index in [-0.39, 0.29) is 18.8 Å². The lowest BCUT2D eigenvalue weighted by atomic mass is 10.2. The quantitative estimate of drug-likeness (QED) is 0.580. The van der Waals surface area contributed by atoms with Crippen LogP contribution in [0.1, 0.15) is 20.3 Å². The van der Waals surface area contributed by atoms with Gasteiger partial charge in [0, 0.05) is 12.6 Å². The molecule has 1 atom stereocenters. The summed E-state index contributed by atoms with van der Waals surface area (Å²) in [5.41, 5.74) is 5.43. The molecule has 0 radical (unpaired) electrons. The second kappa shape index (κ2) is 5.65. The molecule has 0 saturated carbocycles. The molecule has 3 heteroatoms. The molecule has 0 aliphatic carbocycles. The molecule has 3 N–H and O–H groups in total. The van der Waals surface area contributed by atoms with Crippen LogP contribution in [-0.4, -0.2) is 30.5 Å². The van der Waals surface area contributed by atoms with E-state index in [1.54, 1.807) is 0 Å². The summed E-state index contributed by atoms with van der Waals surface area (Å²) < 4.78 is 5.22. The van der Waals surface area contributed by atoms with Crippen LogP contribution in [0, 0.1) is 0 Å². The van der Waals surface area contributed by atoms with E-state index in [1.165, 1.54) is 0 Å². The van der Waals surface area contributed by atoms with Gasteiger partial charge in [-0.1, -0.05) is 0 Å². The smallest absolute Gasteiger partial charge is 0.0583 e. The number of aliphatic hydroxyl groups excluding tert-OH is 1. The Morgan fingerprint density at radius 3 is 2.50 bits per heavy atom. The van der Waals surface area contributed by atoms with Gasteiger partial charge in [-0.25, -0.2) is 0 Å². The van der Waals surface area contributed by atoms with E-state index in [0.717, 1.165) is 6.42 Å². The van der Waals surface area contributed by atoms with Gasteiger partial charge in [-0.2, -0.15) is 0 Å².